The number of methoxy groups -OCH3 is 1. The molecule has 2 nitrogen and oxygen atoms in total. The molecule has 0 spiro atoms. The third-order valence-corrected chi connectivity index (χ3v) is 4.77. The molecule has 0 radical (unpaired) electrons. The van der Waals surface area contributed by atoms with Crippen molar-refractivity contribution in [3.8, 4) is 0 Å². The van der Waals surface area contributed by atoms with Gasteiger partial charge in [-0.05, 0) is 36.0 Å². The van der Waals surface area contributed by atoms with Gasteiger partial charge in [0.25, 0.3) is 0 Å². The SMILES string of the molecule is COC(=O)[C@H]1C[C@@H](C)[C@@H](C)[C@H]2C[C@]12C. The van der Waals surface area contributed by atoms with Crippen LogP contribution in [-0.2, 0) is 9.53 Å². The Morgan fingerprint density at radius 1 is 1.43 bits per heavy atom. The van der Waals surface area contributed by atoms with Crippen molar-refractivity contribution in [2.45, 2.75) is 33.6 Å². The number of hydrogen-bond acceptors (Lipinski definition) is 2. The molecule has 0 saturated heterocycles. The highest BCUT2D eigenvalue weighted by atomic mass is 16.5. The molecule has 5 atom stereocenters. The van der Waals surface area contributed by atoms with Crippen molar-refractivity contribution >= 4 is 5.97 Å². The maximum absolute atomic E-state index is 11.6. The van der Waals surface area contributed by atoms with Gasteiger partial charge in [0.15, 0.2) is 0 Å². The van der Waals surface area contributed by atoms with E-state index in [0.29, 0.717) is 5.92 Å². The molecule has 0 aromatic rings. The molecule has 0 N–H and O–H groups in total. The summed E-state index contributed by atoms with van der Waals surface area (Å²) >= 11 is 0. The van der Waals surface area contributed by atoms with Crippen molar-refractivity contribution in [1.29, 1.82) is 0 Å². The van der Waals surface area contributed by atoms with Gasteiger partial charge >= 0.3 is 5.97 Å². The highest BCUT2D eigenvalue weighted by molar-refractivity contribution is 5.74. The smallest absolute Gasteiger partial charge is 0.309 e. The fourth-order valence-electron chi connectivity index (χ4n) is 3.36. The van der Waals surface area contributed by atoms with E-state index < -0.39 is 0 Å². The first kappa shape index (κ1) is 10.0. The Balaban J connectivity index is 2.16. The zero-order valence-corrected chi connectivity index (χ0v) is 9.54. The van der Waals surface area contributed by atoms with Crippen LogP contribution in [0.3, 0.4) is 0 Å². The van der Waals surface area contributed by atoms with Gasteiger partial charge in [0.05, 0.1) is 13.0 Å². The van der Waals surface area contributed by atoms with Gasteiger partial charge in [-0.3, -0.25) is 4.79 Å². The molecule has 0 bridgehead atoms. The van der Waals surface area contributed by atoms with Crippen molar-refractivity contribution in [2.24, 2.45) is 29.1 Å². The third kappa shape index (κ3) is 1.19. The minimum Gasteiger partial charge on any atom is -0.469 e. The maximum Gasteiger partial charge on any atom is 0.309 e. The molecule has 2 saturated carbocycles. The van der Waals surface area contributed by atoms with Gasteiger partial charge in [-0.1, -0.05) is 20.8 Å². The number of fused-ring (bicyclic) bond motifs is 1. The zero-order valence-electron chi connectivity index (χ0n) is 9.54. The molecule has 0 amide bonds. The van der Waals surface area contributed by atoms with Gasteiger partial charge in [-0.15, -0.1) is 0 Å². The molecule has 0 aromatic heterocycles. The molecule has 80 valence electrons. The van der Waals surface area contributed by atoms with Gasteiger partial charge in [-0.2, -0.15) is 0 Å². The summed E-state index contributed by atoms with van der Waals surface area (Å²) in [4.78, 5) is 11.6. The average molecular weight is 196 g/mol. The fourth-order valence-corrected chi connectivity index (χ4v) is 3.36. The molecule has 2 fully saturated rings. The van der Waals surface area contributed by atoms with E-state index in [0.717, 1.165) is 18.3 Å². The van der Waals surface area contributed by atoms with Gasteiger partial charge in [0.2, 0.25) is 0 Å². The van der Waals surface area contributed by atoms with E-state index in [4.69, 9.17) is 4.74 Å². The predicted molar refractivity (Wildman–Crippen MR) is 54.7 cm³/mol. The molecule has 2 aliphatic rings. The molecule has 14 heavy (non-hydrogen) atoms. The Morgan fingerprint density at radius 3 is 2.64 bits per heavy atom. The van der Waals surface area contributed by atoms with Crippen LogP contribution in [0.5, 0.6) is 0 Å². The highest BCUT2D eigenvalue weighted by Crippen LogP contribution is 2.67. The lowest BCUT2D eigenvalue weighted by atomic mass is 9.70. The van der Waals surface area contributed by atoms with Crippen LogP contribution in [0.2, 0.25) is 0 Å². The predicted octanol–water partition coefficient (Wildman–Crippen LogP) is 2.48. The molecule has 0 aromatic carbocycles. The molecule has 2 rings (SSSR count). The number of hydrogen-bond donors (Lipinski definition) is 0. The summed E-state index contributed by atoms with van der Waals surface area (Å²) in [7, 11) is 1.51. The minimum absolute atomic E-state index is 0.00810. The number of carbonyl (C=O) groups is 1. The van der Waals surface area contributed by atoms with Crippen LogP contribution >= 0.6 is 0 Å². The lowest BCUT2D eigenvalue weighted by Gasteiger charge is -2.35. The standard InChI is InChI=1S/C12H20O2/c1-7-5-9(11(13)14-4)12(3)6-10(12)8(7)2/h7-10H,5-6H2,1-4H3/t7-,8-,9-,10-,12-/m1/s1. The summed E-state index contributed by atoms with van der Waals surface area (Å²) in [5.74, 6) is 2.37. The van der Waals surface area contributed by atoms with Crippen molar-refractivity contribution in [3.63, 3.8) is 0 Å². The van der Waals surface area contributed by atoms with Crippen molar-refractivity contribution in [1.82, 2.24) is 0 Å². The van der Waals surface area contributed by atoms with Crippen molar-refractivity contribution in [3.05, 3.63) is 0 Å². The van der Waals surface area contributed by atoms with Crippen molar-refractivity contribution in [2.75, 3.05) is 7.11 Å². The first-order valence-electron chi connectivity index (χ1n) is 5.58. The average Bonchev–Trinajstić information content (AvgIpc) is 2.84. The van der Waals surface area contributed by atoms with E-state index in [9.17, 15) is 4.79 Å². The fraction of sp³-hybridized carbons (Fsp3) is 0.917. The lowest BCUT2D eigenvalue weighted by Crippen LogP contribution is -2.35. The summed E-state index contributed by atoms with van der Waals surface area (Å²) in [6, 6.07) is 0. The summed E-state index contributed by atoms with van der Waals surface area (Å²) in [5, 5.41) is 0. The first-order valence-corrected chi connectivity index (χ1v) is 5.58. The van der Waals surface area contributed by atoms with Gasteiger partial charge in [0, 0.05) is 0 Å². The Kier molecular flexibility index (Phi) is 2.13. The van der Waals surface area contributed by atoms with Crippen LogP contribution < -0.4 is 0 Å². The Morgan fingerprint density at radius 2 is 2.07 bits per heavy atom. The highest BCUT2D eigenvalue weighted by Gasteiger charge is 2.63. The normalized spacial score (nSPS) is 50.9. The summed E-state index contributed by atoms with van der Waals surface area (Å²) < 4.78 is 4.90. The van der Waals surface area contributed by atoms with Crippen LogP contribution in [0.1, 0.15) is 33.6 Å². The van der Waals surface area contributed by atoms with E-state index >= 15 is 0 Å². The molecular formula is C12H20O2. The second kappa shape index (κ2) is 2.98. The van der Waals surface area contributed by atoms with Crippen LogP contribution in [0.15, 0.2) is 0 Å². The van der Waals surface area contributed by atoms with Gasteiger partial charge in [0.1, 0.15) is 0 Å². The van der Waals surface area contributed by atoms with E-state index in [2.05, 4.69) is 20.8 Å². The number of esters is 1. The Bertz CT molecular complexity index is 261. The van der Waals surface area contributed by atoms with E-state index in [1.807, 2.05) is 0 Å². The molecular weight excluding hydrogens is 176 g/mol. The molecule has 0 heterocycles. The lowest BCUT2D eigenvalue weighted by molar-refractivity contribution is -0.150. The molecule has 0 aliphatic heterocycles. The van der Waals surface area contributed by atoms with E-state index in [1.54, 1.807) is 0 Å². The minimum atomic E-state index is 0.00810. The Hall–Kier alpha value is -0.530. The summed E-state index contributed by atoms with van der Waals surface area (Å²) in [6.45, 7) is 6.84. The maximum atomic E-state index is 11.6. The number of carbonyl (C=O) groups excluding carboxylic acids is 1. The number of ether oxygens (including phenoxy) is 1. The van der Waals surface area contributed by atoms with Crippen LogP contribution in [0, 0.1) is 29.1 Å². The quantitative estimate of drug-likeness (QED) is 0.602. The largest absolute Gasteiger partial charge is 0.469 e. The molecule has 2 aliphatic carbocycles. The number of rotatable bonds is 1. The third-order valence-electron chi connectivity index (χ3n) is 4.77. The monoisotopic (exact) mass is 196 g/mol. The molecule has 0 unspecified atom stereocenters. The summed E-state index contributed by atoms with van der Waals surface area (Å²) in [6.07, 6.45) is 2.24. The van der Waals surface area contributed by atoms with Crippen molar-refractivity contribution < 1.29 is 9.53 Å². The van der Waals surface area contributed by atoms with Crippen LogP contribution in [0.4, 0.5) is 0 Å². The molecule has 2 heteroatoms. The Labute approximate surface area is 86.0 Å². The topological polar surface area (TPSA) is 26.3 Å². The van der Waals surface area contributed by atoms with Crippen LogP contribution in [-0.4, -0.2) is 13.1 Å². The second-order valence-corrected chi connectivity index (χ2v) is 5.46. The first-order chi connectivity index (χ1) is 6.50. The van der Waals surface area contributed by atoms with Gasteiger partial charge in [-0.25, -0.2) is 0 Å². The zero-order chi connectivity index (χ0) is 10.5. The van der Waals surface area contributed by atoms with E-state index in [-0.39, 0.29) is 17.3 Å². The van der Waals surface area contributed by atoms with Crippen LogP contribution in [0.25, 0.3) is 0 Å². The second-order valence-electron chi connectivity index (χ2n) is 5.46. The van der Waals surface area contributed by atoms with E-state index in [1.165, 1.54) is 13.5 Å². The van der Waals surface area contributed by atoms with Gasteiger partial charge < -0.3 is 4.74 Å². The summed E-state index contributed by atoms with van der Waals surface area (Å²) in [5.41, 5.74) is 0.263.